The maximum Gasteiger partial charge on any atom is 0.252 e. The largest absolute Gasteiger partial charge is 0.311 e. The smallest absolute Gasteiger partial charge is 0.252 e. The zero-order valence-corrected chi connectivity index (χ0v) is 55.6. The second-order valence-electron chi connectivity index (χ2n) is 29.7. The Labute approximate surface area is 576 Å². The van der Waals surface area contributed by atoms with E-state index in [9.17, 15) is 19.0 Å². The summed E-state index contributed by atoms with van der Waals surface area (Å²) in [6.07, 6.45) is 0. The first-order valence-corrected chi connectivity index (χ1v) is 32.7. The van der Waals surface area contributed by atoms with Crippen molar-refractivity contribution in [1.82, 2.24) is 9.13 Å². The van der Waals surface area contributed by atoms with E-state index in [4.69, 9.17) is 2.74 Å². The van der Waals surface area contributed by atoms with E-state index in [0.29, 0.717) is 50.8 Å². The highest BCUT2D eigenvalue weighted by Crippen LogP contribution is 2.51. The van der Waals surface area contributed by atoms with E-state index in [1.807, 2.05) is 124 Å². The van der Waals surface area contributed by atoms with E-state index >= 15 is 0 Å². The van der Waals surface area contributed by atoms with Crippen LogP contribution in [0.15, 0.2) is 255 Å². The zero-order valence-electron chi connectivity index (χ0n) is 67.6. The molecular formula is C89H78BN5. The average Bonchev–Trinajstić information content (AvgIpc) is 1.60. The monoisotopic (exact) mass is 1240 g/mol. The number of nitriles is 1. The van der Waals surface area contributed by atoms with E-state index in [1.165, 1.54) is 11.1 Å². The van der Waals surface area contributed by atoms with Gasteiger partial charge in [0.2, 0.25) is 0 Å². The molecule has 4 heterocycles. The number of benzene rings is 12. The van der Waals surface area contributed by atoms with Gasteiger partial charge in [0, 0.05) is 55.7 Å². The Balaban J connectivity index is 1.08. The summed E-state index contributed by atoms with van der Waals surface area (Å²) < 4.78 is 117. The second kappa shape index (κ2) is 21.7. The molecule has 0 aliphatic carbocycles. The predicted octanol–water partition coefficient (Wildman–Crippen LogP) is 22.0. The quantitative estimate of drug-likeness (QED) is 0.149. The topological polar surface area (TPSA) is 40.1 Å². The summed E-state index contributed by atoms with van der Waals surface area (Å²) in [7, 11) is 0. The third kappa shape index (κ3) is 9.80. The van der Waals surface area contributed by atoms with E-state index in [2.05, 4.69) is 162 Å². The minimum atomic E-state index is -0.750. The molecule has 0 saturated heterocycles. The molecule has 0 unspecified atom stereocenters. The van der Waals surface area contributed by atoms with E-state index in [0.717, 1.165) is 71.8 Å². The van der Waals surface area contributed by atoms with Crippen molar-refractivity contribution in [3.8, 4) is 50.8 Å². The summed E-state index contributed by atoms with van der Waals surface area (Å²) in [5.74, 6) is 0. The normalized spacial score (nSPS) is 15.0. The van der Waals surface area contributed by atoms with Gasteiger partial charge >= 0.3 is 0 Å². The minimum absolute atomic E-state index is 0.0406. The molecule has 0 spiro atoms. The molecule has 2 aromatic heterocycles. The van der Waals surface area contributed by atoms with Crippen LogP contribution in [0, 0.1) is 11.3 Å². The predicted molar refractivity (Wildman–Crippen MR) is 405 cm³/mol. The van der Waals surface area contributed by atoms with Gasteiger partial charge < -0.3 is 18.9 Å². The Morgan fingerprint density at radius 1 is 0.326 bits per heavy atom. The first-order chi connectivity index (χ1) is 50.6. The molecule has 0 bridgehead atoms. The number of hydrogen-bond acceptors (Lipinski definition) is 3. The summed E-state index contributed by atoms with van der Waals surface area (Å²) in [5.41, 5.74) is 15.5. The molecule has 14 aromatic rings. The molecule has 0 fully saturated rings. The fourth-order valence-corrected chi connectivity index (χ4v) is 14.3. The van der Waals surface area contributed by atoms with Crippen molar-refractivity contribution in [2.75, 3.05) is 9.80 Å². The highest BCUT2D eigenvalue weighted by molar-refractivity contribution is 7.00. The van der Waals surface area contributed by atoms with Gasteiger partial charge in [-0.3, -0.25) is 0 Å². The van der Waals surface area contributed by atoms with Crippen molar-refractivity contribution in [1.29, 1.82) is 5.26 Å². The molecule has 95 heavy (non-hydrogen) atoms. The Morgan fingerprint density at radius 2 is 0.832 bits per heavy atom. The lowest BCUT2D eigenvalue weighted by Crippen LogP contribution is -2.61. The molecule has 0 saturated carbocycles. The molecular weight excluding hydrogens is 1150 g/mol. The number of para-hydroxylation sites is 4. The molecule has 16 rings (SSSR count). The molecule has 462 valence electrons. The zero-order chi connectivity index (χ0) is 76.1. The molecule has 0 N–H and O–H groups in total. The molecule has 12 aromatic carbocycles. The van der Waals surface area contributed by atoms with Crippen LogP contribution in [0.2, 0.25) is 0 Å². The lowest BCUT2D eigenvalue weighted by molar-refractivity contribution is 0.569. The lowest BCUT2D eigenvalue weighted by Gasteiger charge is -2.45. The first kappa shape index (κ1) is 47.3. The third-order valence-electron chi connectivity index (χ3n) is 19.4. The van der Waals surface area contributed by atoms with Crippen molar-refractivity contribution >= 4 is 101 Å². The molecule has 2 aliphatic heterocycles. The van der Waals surface area contributed by atoms with Gasteiger partial charge in [0.15, 0.2) is 0 Å². The summed E-state index contributed by atoms with van der Waals surface area (Å²) in [5, 5.41) is 14.2. The molecule has 2 aliphatic rings. The third-order valence-corrected chi connectivity index (χ3v) is 19.4. The summed E-state index contributed by atoms with van der Waals surface area (Å²) in [6, 6.07) is 60.2. The van der Waals surface area contributed by atoms with Crippen LogP contribution in [-0.2, 0) is 21.7 Å². The SMILES string of the molecule is [2H]c1c([2H])c(C(C)(C)C)c([2H])c([2H])c1-c1cc(-c2ccccc2)cc(N2c3cc(-n4c5c([2H])c([2H])c([2H])c([2H])c5c5c([2H])c([2H])c([2H])c([2H])c54)ccc3B3c4ccc(-c5cc(C(C)(C)C)cc(C(C)(C)C)c5)cc4N(c4cccc(-n5c6ccccc6c6ccccc65)c4C#N)c4cc(C(C)(C)C)cc2c43)c1. The van der Waals surface area contributed by atoms with Crippen LogP contribution in [0.4, 0.5) is 34.1 Å². The summed E-state index contributed by atoms with van der Waals surface area (Å²) in [6.45, 7) is 24.9. The number of rotatable bonds is 7. The van der Waals surface area contributed by atoms with Crippen LogP contribution < -0.4 is 26.2 Å². The van der Waals surface area contributed by atoms with Crippen LogP contribution >= 0.6 is 0 Å². The van der Waals surface area contributed by atoms with Crippen molar-refractivity contribution in [3.63, 3.8) is 0 Å². The van der Waals surface area contributed by atoms with Gasteiger partial charge in [0.25, 0.3) is 6.71 Å². The molecule has 6 heteroatoms. The van der Waals surface area contributed by atoms with Gasteiger partial charge in [-0.1, -0.05) is 253 Å². The van der Waals surface area contributed by atoms with Crippen molar-refractivity contribution < 1.29 is 16.4 Å². The Morgan fingerprint density at radius 3 is 1.42 bits per heavy atom. The van der Waals surface area contributed by atoms with Gasteiger partial charge in [-0.25, -0.2) is 0 Å². The van der Waals surface area contributed by atoms with E-state index in [1.54, 1.807) is 4.57 Å². The molecule has 0 amide bonds. The summed E-state index contributed by atoms with van der Waals surface area (Å²) in [4.78, 5) is 4.43. The van der Waals surface area contributed by atoms with Gasteiger partial charge in [-0.15, -0.1) is 0 Å². The molecule has 5 nitrogen and oxygen atoms in total. The lowest BCUT2D eigenvalue weighted by atomic mass is 9.33. The van der Waals surface area contributed by atoms with Crippen molar-refractivity contribution in [3.05, 3.63) is 282 Å². The van der Waals surface area contributed by atoms with Gasteiger partial charge in [-0.05, 0) is 179 Å². The maximum absolute atomic E-state index is 12.3. The number of hydrogen-bond donors (Lipinski definition) is 0. The maximum atomic E-state index is 12.3. The van der Waals surface area contributed by atoms with Gasteiger partial charge in [-0.2, -0.15) is 5.26 Å². The number of anilines is 6. The Hall–Kier alpha value is -10.6. The van der Waals surface area contributed by atoms with E-state index < -0.39 is 65.9 Å². The van der Waals surface area contributed by atoms with Crippen LogP contribution in [0.3, 0.4) is 0 Å². The highest BCUT2D eigenvalue weighted by atomic mass is 15.2. The van der Waals surface area contributed by atoms with Crippen molar-refractivity contribution in [2.24, 2.45) is 0 Å². The van der Waals surface area contributed by atoms with Gasteiger partial charge in [0.1, 0.15) is 11.6 Å². The van der Waals surface area contributed by atoms with Gasteiger partial charge in [0.05, 0.1) is 49.9 Å². The van der Waals surface area contributed by atoms with Crippen LogP contribution in [0.1, 0.15) is 127 Å². The Kier molecular flexibility index (Phi) is 10.8. The number of fused-ring (bicyclic) bond motifs is 10. The summed E-state index contributed by atoms with van der Waals surface area (Å²) >= 11 is 0. The van der Waals surface area contributed by atoms with E-state index in [-0.39, 0.29) is 67.9 Å². The fourth-order valence-electron chi connectivity index (χ4n) is 14.3. The van der Waals surface area contributed by atoms with Crippen LogP contribution in [-0.4, -0.2) is 15.8 Å². The molecule has 0 radical (unpaired) electrons. The van der Waals surface area contributed by atoms with Crippen LogP contribution in [0.25, 0.3) is 88.4 Å². The second-order valence-corrected chi connectivity index (χ2v) is 29.7. The highest BCUT2D eigenvalue weighted by Gasteiger charge is 2.45. The minimum Gasteiger partial charge on any atom is -0.311 e. The number of aromatic nitrogens is 2. The van der Waals surface area contributed by atoms with Crippen molar-refractivity contribution in [2.45, 2.75) is 105 Å². The molecule has 0 atom stereocenters. The number of nitrogens with zero attached hydrogens (tertiary/aromatic N) is 5. The first-order valence-electron chi connectivity index (χ1n) is 38.7. The standard InChI is InChI=1S/C89H78BN5/c1-86(2,3)62-40-37-57(38-41-62)60-45-59(56-25-14-13-15-26-56)48-67(49-60)93-82-54-66(92-75-31-20-16-27-68(75)69-28-17-21-32-76(69)92)42-44-74(82)90-73-43-39-58(61-46-63(87(4,5)6)51-64(47-61)88(7,8)9)50-81(73)95(84-53-65(89(10,11)12)52-83(93)85(84)90)80-36-24-35-79(72(80)55-91)94-77-33-22-18-29-70(77)71-30-19-23-34-78(71)94/h13-54H,1-12H3/i16D,17D,20D,21D,27D,28D,31D,32D,37D,38D,40D,41D. The fraction of sp³-hybridized carbons (Fsp3) is 0.180. The Bertz CT molecular complexity index is 6070. The average molecular weight is 1240 g/mol. The van der Waals surface area contributed by atoms with Crippen LogP contribution in [0.5, 0.6) is 0 Å².